The van der Waals surface area contributed by atoms with Gasteiger partial charge < -0.3 is 11.5 Å². The molecular weight excluding hydrogens is 392 g/mol. The second-order valence-corrected chi connectivity index (χ2v) is 7.67. The van der Waals surface area contributed by atoms with Crippen molar-refractivity contribution >= 4 is 46.5 Å². The van der Waals surface area contributed by atoms with Crippen molar-refractivity contribution in [3.8, 4) is 12.1 Å². The van der Waals surface area contributed by atoms with Crippen molar-refractivity contribution in [2.75, 3.05) is 11.5 Å². The molecule has 0 amide bonds. The van der Waals surface area contributed by atoms with E-state index in [9.17, 15) is 20.1 Å². The smallest absolute Gasteiger partial charge is 0.213 e. The van der Waals surface area contributed by atoms with Gasteiger partial charge >= 0.3 is 0 Å². The van der Waals surface area contributed by atoms with Crippen molar-refractivity contribution in [1.29, 1.82) is 10.5 Å². The van der Waals surface area contributed by atoms with Crippen molar-refractivity contribution in [3.05, 3.63) is 69.5 Å². The van der Waals surface area contributed by atoms with E-state index in [1.165, 1.54) is 0 Å². The molecule has 0 spiro atoms. The van der Waals surface area contributed by atoms with E-state index in [0.29, 0.717) is 21.2 Å². The number of nitrogens with zero attached hydrogens (tertiary/aromatic N) is 2. The van der Waals surface area contributed by atoms with Crippen LogP contribution in [0.2, 0.25) is 0 Å². The number of nitrogen functional groups attached to an aromatic ring is 2. The van der Waals surface area contributed by atoms with Crippen LogP contribution in [-0.2, 0) is 9.59 Å². The van der Waals surface area contributed by atoms with Gasteiger partial charge in [0.25, 0.3) is 0 Å². The third kappa shape index (κ3) is 3.52. The van der Waals surface area contributed by atoms with Gasteiger partial charge in [0.1, 0.15) is 23.3 Å². The first-order chi connectivity index (χ1) is 13.5. The second kappa shape index (κ2) is 8.05. The predicted octanol–water partition coefficient (Wildman–Crippen LogP) is 3.44. The number of para-hydroxylation sites is 2. The van der Waals surface area contributed by atoms with Crippen LogP contribution >= 0.6 is 23.5 Å². The van der Waals surface area contributed by atoms with Gasteiger partial charge in [-0.15, -0.1) is 0 Å². The van der Waals surface area contributed by atoms with Gasteiger partial charge in [0, 0.05) is 21.2 Å². The summed E-state index contributed by atoms with van der Waals surface area (Å²) in [4.78, 5) is 27.1. The lowest BCUT2D eigenvalue weighted by Gasteiger charge is -2.18. The number of rotatable bonds is 4. The maximum absolute atomic E-state index is 12.9. The Balaban J connectivity index is 2.17. The van der Waals surface area contributed by atoms with Gasteiger partial charge in [-0.1, -0.05) is 47.8 Å². The van der Waals surface area contributed by atoms with Gasteiger partial charge in [-0.05, 0) is 24.3 Å². The number of carbonyl (C=O) groups is 2. The molecule has 1 aliphatic carbocycles. The fraction of sp³-hybridized carbons (Fsp3) is 0. The first kappa shape index (κ1) is 19.3. The Morgan fingerprint density at radius 2 is 1.04 bits per heavy atom. The molecule has 0 atom stereocenters. The van der Waals surface area contributed by atoms with E-state index in [4.69, 9.17) is 11.5 Å². The molecule has 0 radical (unpaired) electrons. The number of nitrogens with two attached hydrogens (primary N) is 2. The number of hydrogen-bond acceptors (Lipinski definition) is 8. The molecule has 0 aliphatic heterocycles. The number of ketones is 2. The number of anilines is 2. The predicted molar refractivity (Wildman–Crippen MR) is 109 cm³/mol. The molecule has 28 heavy (non-hydrogen) atoms. The molecule has 0 bridgehead atoms. The topological polar surface area (TPSA) is 134 Å². The molecule has 0 saturated carbocycles. The SMILES string of the molecule is N#CC1=C(C#N)C(=O)C(Sc2ccccc2N)=C(Sc2ccccc2N)C1=O. The average molecular weight is 404 g/mol. The molecule has 2 aromatic carbocycles. The van der Waals surface area contributed by atoms with E-state index >= 15 is 0 Å². The molecule has 136 valence electrons. The standard InChI is InChI=1S/C20H12N4O2S2/c21-9-11-12(10-22)18(26)20(28-16-8-4-2-6-14(16)24)19(17(11)25)27-15-7-3-1-5-13(15)23/h1-8H,23-24H2. The molecule has 0 heterocycles. The Hall–Kier alpha value is -3.46. The number of hydrogen-bond donors (Lipinski definition) is 2. The van der Waals surface area contributed by atoms with Crippen LogP contribution in [0.25, 0.3) is 0 Å². The Morgan fingerprint density at radius 1 is 0.679 bits per heavy atom. The number of carbonyl (C=O) groups excluding carboxylic acids is 2. The molecular formula is C20H12N4O2S2. The Kier molecular flexibility index (Phi) is 5.55. The van der Waals surface area contributed by atoms with Crippen LogP contribution in [0.4, 0.5) is 11.4 Å². The fourth-order valence-corrected chi connectivity index (χ4v) is 4.54. The van der Waals surface area contributed by atoms with E-state index < -0.39 is 22.7 Å². The molecule has 0 aromatic heterocycles. The van der Waals surface area contributed by atoms with Gasteiger partial charge in [-0.25, -0.2) is 0 Å². The van der Waals surface area contributed by atoms with Crippen LogP contribution < -0.4 is 11.5 Å². The normalized spacial score (nSPS) is 14.1. The molecule has 6 nitrogen and oxygen atoms in total. The minimum absolute atomic E-state index is 0.0479. The minimum Gasteiger partial charge on any atom is -0.398 e. The minimum atomic E-state index is -0.677. The van der Waals surface area contributed by atoms with Crippen LogP contribution in [0.5, 0.6) is 0 Å². The zero-order valence-corrected chi connectivity index (χ0v) is 15.9. The third-order valence-corrected chi connectivity index (χ3v) is 6.31. The zero-order valence-electron chi connectivity index (χ0n) is 14.3. The average Bonchev–Trinajstić information content (AvgIpc) is 2.69. The zero-order chi connectivity index (χ0) is 20.3. The maximum atomic E-state index is 12.9. The van der Waals surface area contributed by atoms with Crippen molar-refractivity contribution in [3.63, 3.8) is 0 Å². The number of thioether (sulfide) groups is 2. The summed E-state index contributed by atoms with van der Waals surface area (Å²) in [6.07, 6.45) is 0. The van der Waals surface area contributed by atoms with E-state index in [1.54, 1.807) is 60.7 Å². The number of nitriles is 2. The number of benzene rings is 2. The van der Waals surface area contributed by atoms with Crippen LogP contribution in [0, 0.1) is 22.7 Å². The van der Waals surface area contributed by atoms with Gasteiger partial charge in [-0.2, -0.15) is 10.5 Å². The first-order valence-electron chi connectivity index (χ1n) is 7.90. The highest BCUT2D eigenvalue weighted by Crippen LogP contribution is 2.44. The Labute approximate surface area is 169 Å². The maximum Gasteiger partial charge on any atom is 0.213 e. The van der Waals surface area contributed by atoms with Crippen molar-refractivity contribution in [2.45, 2.75) is 9.79 Å². The lowest BCUT2D eigenvalue weighted by molar-refractivity contribution is -0.115. The summed E-state index contributed by atoms with van der Waals surface area (Å²) in [6, 6.07) is 17.1. The van der Waals surface area contributed by atoms with Crippen LogP contribution in [0.15, 0.2) is 79.3 Å². The second-order valence-electron chi connectivity index (χ2n) is 5.57. The summed E-state index contributed by atoms with van der Waals surface area (Å²) in [5, 5.41) is 18.6. The fourth-order valence-electron chi connectivity index (χ4n) is 2.43. The first-order valence-corrected chi connectivity index (χ1v) is 9.54. The molecule has 0 unspecified atom stereocenters. The van der Waals surface area contributed by atoms with Gasteiger partial charge in [0.15, 0.2) is 0 Å². The summed E-state index contributed by atoms with van der Waals surface area (Å²) < 4.78 is 0. The monoisotopic (exact) mass is 404 g/mol. The lowest BCUT2D eigenvalue weighted by Crippen LogP contribution is -2.21. The summed E-state index contributed by atoms with van der Waals surface area (Å²) >= 11 is 1.99. The highest BCUT2D eigenvalue weighted by atomic mass is 32.2. The third-order valence-electron chi connectivity index (χ3n) is 3.81. The van der Waals surface area contributed by atoms with Gasteiger partial charge in [-0.3, -0.25) is 9.59 Å². The molecule has 8 heteroatoms. The van der Waals surface area contributed by atoms with Gasteiger partial charge in [0.05, 0.1) is 9.81 Å². The van der Waals surface area contributed by atoms with Crippen molar-refractivity contribution < 1.29 is 9.59 Å². The summed E-state index contributed by atoms with van der Waals surface area (Å²) in [5.41, 5.74) is 11.9. The van der Waals surface area contributed by atoms with Crippen LogP contribution in [0.3, 0.4) is 0 Å². The van der Waals surface area contributed by atoms with Crippen molar-refractivity contribution in [2.24, 2.45) is 0 Å². The largest absolute Gasteiger partial charge is 0.398 e. The summed E-state index contributed by atoms with van der Waals surface area (Å²) in [5.74, 6) is -1.35. The van der Waals surface area contributed by atoms with E-state index in [1.807, 2.05) is 0 Å². The highest BCUT2D eigenvalue weighted by Gasteiger charge is 2.36. The van der Waals surface area contributed by atoms with Crippen LogP contribution in [-0.4, -0.2) is 11.6 Å². The molecule has 0 saturated heterocycles. The quantitative estimate of drug-likeness (QED) is 0.584. The summed E-state index contributed by atoms with van der Waals surface area (Å²) in [6.45, 7) is 0. The highest BCUT2D eigenvalue weighted by molar-refractivity contribution is 8.08. The van der Waals surface area contributed by atoms with E-state index in [-0.39, 0.29) is 9.81 Å². The molecule has 3 rings (SSSR count). The van der Waals surface area contributed by atoms with Gasteiger partial charge in [0.2, 0.25) is 11.6 Å². The van der Waals surface area contributed by atoms with Crippen LogP contribution in [0.1, 0.15) is 0 Å². The Bertz CT molecular complexity index is 1060. The molecule has 1 aliphatic rings. The Morgan fingerprint density at radius 3 is 1.36 bits per heavy atom. The summed E-state index contributed by atoms with van der Waals surface area (Å²) in [7, 11) is 0. The molecule has 4 N–H and O–H groups in total. The number of Topliss-reactive ketones (excluding diaryl/α,β-unsaturated/α-hetero) is 2. The van der Waals surface area contributed by atoms with Crippen molar-refractivity contribution in [1.82, 2.24) is 0 Å². The van der Waals surface area contributed by atoms with E-state index in [2.05, 4.69) is 0 Å². The van der Waals surface area contributed by atoms with E-state index in [0.717, 1.165) is 23.5 Å². The number of allylic oxidation sites excluding steroid dienone is 4. The lowest BCUT2D eigenvalue weighted by atomic mass is 9.96. The molecule has 0 fully saturated rings. The molecule has 2 aromatic rings.